The number of nitrogens with zero attached hydrogens (tertiary/aromatic N) is 5. The summed E-state index contributed by atoms with van der Waals surface area (Å²) >= 11 is 0. The minimum Gasteiger partial charge on any atom is -0.480 e. The molecule has 0 spiro atoms. The predicted molar refractivity (Wildman–Crippen MR) is 101 cm³/mol. The fourth-order valence-corrected chi connectivity index (χ4v) is 2.87. The van der Waals surface area contributed by atoms with Crippen LogP contribution in [0, 0.1) is 0 Å². The molecular weight excluding hydrogens is 349 g/mol. The van der Waals surface area contributed by atoms with Crippen molar-refractivity contribution in [3.05, 3.63) is 41.9 Å². The van der Waals surface area contributed by atoms with Crippen molar-refractivity contribution in [2.24, 2.45) is 0 Å². The van der Waals surface area contributed by atoms with Crippen molar-refractivity contribution < 1.29 is 9.13 Å². The average molecular weight is 369 g/mol. The van der Waals surface area contributed by atoms with Gasteiger partial charge in [0.05, 0.1) is 24.9 Å². The third-order valence-corrected chi connectivity index (χ3v) is 4.11. The van der Waals surface area contributed by atoms with Crippen LogP contribution >= 0.6 is 0 Å². The number of imidazole rings is 1. The number of anilines is 2. The Balaban J connectivity index is 1.75. The van der Waals surface area contributed by atoms with E-state index in [-0.39, 0.29) is 6.54 Å². The van der Waals surface area contributed by atoms with Crippen LogP contribution in [0.25, 0.3) is 11.2 Å². The Morgan fingerprint density at radius 1 is 1.33 bits per heavy atom. The van der Waals surface area contributed by atoms with Crippen molar-refractivity contribution >= 4 is 23.0 Å². The molecule has 3 aromatic rings. The Kier molecular flexibility index (Phi) is 4.14. The Hall–Kier alpha value is -3.23. The quantitative estimate of drug-likeness (QED) is 0.714. The monoisotopic (exact) mass is 369 g/mol. The van der Waals surface area contributed by atoms with Crippen LogP contribution in [0.15, 0.2) is 30.6 Å². The predicted octanol–water partition coefficient (Wildman–Crippen LogP) is 2.55. The van der Waals surface area contributed by atoms with Gasteiger partial charge in [-0.05, 0) is 26.0 Å². The third kappa shape index (κ3) is 3.40. The van der Waals surface area contributed by atoms with Gasteiger partial charge in [0.15, 0.2) is 5.65 Å². The van der Waals surface area contributed by atoms with Crippen LogP contribution in [0.2, 0.25) is 0 Å². The van der Waals surface area contributed by atoms with E-state index in [0.29, 0.717) is 24.2 Å². The first-order valence-corrected chi connectivity index (χ1v) is 8.58. The summed E-state index contributed by atoms with van der Waals surface area (Å²) < 4.78 is 21.0. The summed E-state index contributed by atoms with van der Waals surface area (Å²) in [6, 6.07) is 3.80. The first-order valence-electron chi connectivity index (χ1n) is 8.58. The molecule has 0 saturated carbocycles. The van der Waals surface area contributed by atoms with Crippen LogP contribution in [0.3, 0.4) is 0 Å². The molecule has 0 radical (unpaired) electrons. The lowest BCUT2D eigenvalue weighted by Crippen LogP contribution is -2.26. The molecule has 140 valence electrons. The Morgan fingerprint density at radius 2 is 2.19 bits per heavy atom. The molecule has 0 bridgehead atoms. The van der Waals surface area contributed by atoms with Crippen molar-refractivity contribution in [1.82, 2.24) is 24.6 Å². The minimum absolute atomic E-state index is 0.0937. The van der Waals surface area contributed by atoms with Crippen LogP contribution in [0.5, 0.6) is 5.88 Å². The fourth-order valence-electron chi connectivity index (χ4n) is 2.87. The first-order chi connectivity index (χ1) is 12.9. The van der Waals surface area contributed by atoms with Gasteiger partial charge in [0.25, 0.3) is 0 Å². The highest BCUT2D eigenvalue weighted by molar-refractivity contribution is 5.88. The third-order valence-electron chi connectivity index (χ3n) is 4.11. The second-order valence-electron chi connectivity index (χ2n) is 6.80. The van der Waals surface area contributed by atoms with Crippen molar-refractivity contribution in [3.63, 3.8) is 0 Å². The van der Waals surface area contributed by atoms with Gasteiger partial charge >= 0.3 is 0 Å². The summed E-state index contributed by atoms with van der Waals surface area (Å²) in [6.07, 6.45) is 5.50. The van der Waals surface area contributed by atoms with Gasteiger partial charge in [-0.2, -0.15) is 15.1 Å². The van der Waals surface area contributed by atoms with E-state index in [9.17, 15) is 4.39 Å². The lowest BCUT2D eigenvalue weighted by Gasteiger charge is -2.22. The zero-order chi connectivity index (χ0) is 19.0. The molecule has 4 rings (SSSR count). The van der Waals surface area contributed by atoms with Gasteiger partial charge in [0, 0.05) is 24.5 Å². The van der Waals surface area contributed by atoms with Crippen molar-refractivity contribution in [2.45, 2.75) is 19.5 Å². The molecule has 3 aromatic heterocycles. The molecule has 2 N–H and O–H groups in total. The van der Waals surface area contributed by atoms with Crippen molar-refractivity contribution in [1.29, 1.82) is 0 Å². The number of hydrogen-bond donors (Lipinski definition) is 2. The largest absolute Gasteiger partial charge is 0.480 e. The second-order valence-corrected chi connectivity index (χ2v) is 6.80. The highest BCUT2D eigenvalue weighted by Crippen LogP contribution is 2.37. The number of halogens is 1. The SMILES string of the molecule is COc1nc(NCC(C)(C)F)nc2c1C(c1ccc3nccn3n1)=CCN2. The molecule has 1 aliphatic heterocycles. The van der Waals surface area contributed by atoms with E-state index in [1.807, 2.05) is 18.2 Å². The molecule has 0 unspecified atom stereocenters. The Morgan fingerprint density at radius 3 is 2.96 bits per heavy atom. The molecule has 9 heteroatoms. The van der Waals surface area contributed by atoms with Gasteiger partial charge in [0.2, 0.25) is 11.8 Å². The molecule has 0 aromatic carbocycles. The van der Waals surface area contributed by atoms with E-state index < -0.39 is 5.67 Å². The van der Waals surface area contributed by atoms with Gasteiger partial charge < -0.3 is 15.4 Å². The van der Waals surface area contributed by atoms with Crippen molar-refractivity contribution in [3.8, 4) is 5.88 Å². The normalized spacial score (nSPS) is 13.7. The number of aromatic nitrogens is 5. The molecule has 27 heavy (non-hydrogen) atoms. The first kappa shape index (κ1) is 17.2. The number of alkyl halides is 1. The van der Waals surface area contributed by atoms with Crippen molar-refractivity contribution in [2.75, 3.05) is 30.8 Å². The summed E-state index contributed by atoms with van der Waals surface area (Å²) in [6.45, 7) is 3.66. The number of rotatable bonds is 5. The lowest BCUT2D eigenvalue weighted by molar-refractivity contribution is 0.234. The summed E-state index contributed by atoms with van der Waals surface area (Å²) in [4.78, 5) is 13.1. The zero-order valence-corrected chi connectivity index (χ0v) is 15.3. The number of nitrogens with one attached hydrogen (secondary N) is 2. The maximum Gasteiger partial charge on any atom is 0.228 e. The van der Waals surface area contributed by atoms with E-state index in [4.69, 9.17) is 4.74 Å². The molecular formula is C18H20FN7O. The summed E-state index contributed by atoms with van der Waals surface area (Å²) in [5.41, 5.74) is 1.74. The standard InChI is InChI=1S/C18H20FN7O/c1-18(2,19)10-22-17-23-15-14(16(24-17)27-3)11(6-7-21-15)12-4-5-13-20-8-9-26(13)25-12/h4-6,8-9H,7,10H2,1-3H3,(H2,21,22,23,24). The molecule has 0 saturated heterocycles. The van der Waals surface area contributed by atoms with E-state index in [1.165, 1.54) is 13.8 Å². The maximum absolute atomic E-state index is 13.8. The van der Waals surface area contributed by atoms with E-state index in [0.717, 1.165) is 22.5 Å². The summed E-state index contributed by atoms with van der Waals surface area (Å²) in [5, 5.41) is 10.7. The number of ether oxygens (including phenoxy) is 1. The van der Waals surface area contributed by atoms with Gasteiger partial charge in [-0.1, -0.05) is 6.08 Å². The second kappa shape index (κ2) is 6.49. The fraction of sp³-hybridized carbons (Fsp3) is 0.333. The number of hydrogen-bond acceptors (Lipinski definition) is 7. The maximum atomic E-state index is 13.8. The number of methoxy groups -OCH3 is 1. The van der Waals surface area contributed by atoms with Gasteiger partial charge in [0.1, 0.15) is 11.5 Å². The molecule has 0 fully saturated rings. The van der Waals surface area contributed by atoms with Gasteiger partial charge in [-0.15, -0.1) is 0 Å². The van der Waals surface area contributed by atoms with Gasteiger partial charge in [-0.25, -0.2) is 13.9 Å². The van der Waals surface area contributed by atoms with Crippen LogP contribution in [0.1, 0.15) is 25.1 Å². The summed E-state index contributed by atoms with van der Waals surface area (Å²) in [5.74, 6) is 1.32. The number of fused-ring (bicyclic) bond motifs is 2. The average Bonchev–Trinajstić information content (AvgIpc) is 3.12. The van der Waals surface area contributed by atoms with E-state index >= 15 is 0 Å². The Bertz CT molecular complexity index is 1020. The van der Waals surface area contributed by atoms with Crippen LogP contribution in [0.4, 0.5) is 16.2 Å². The zero-order valence-electron chi connectivity index (χ0n) is 15.3. The smallest absolute Gasteiger partial charge is 0.228 e. The van der Waals surface area contributed by atoms with Crippen LogP contribution in [-0.4, -0.2) is 50.4 Å². The lowest BCUT2D eigenvalue weighted by atomic mass is 10.0. The van der Waals surface area contributed by atoms with Gasteiger partial charge in [-0.3, -0.25) is 0 Å². The molecule has 4 heterocycles. The van der Waals surface area contributed by atoms with Crippen LogP contribution in [-0.2, 0) is 0 Å². The van der Waals surface area contributed by atoms with Crippen LogP contribution < -0.4 is 15.4 Å². The molecule has 0 atom stereocenters. The Labute approximate surface area is 155 Å². The van der Waals surface area contributed by atoms with E-state index in [1.54, 1.807) is 24.0 Å². The topological polar surface area (TPSA) is 89.3 Å². The molecule has 8 nitrogen and oxygen atoms in total. The molecule has 0 aliphatic carbocycles. The molecule has 1 aliphatic rings. The molecule has 0 amide bonds. The highest BCUT2D eigenvalue weighted by atomic mass is 19.1. The minimum atomic E-state index is -1.38. The van der Waals surface area contributed by atoms with E-state index in [2.05, 4.69) is 30.7 Å². The highest BCUT2D eigenvalue weighted by Gasteiger charge is 2.25. The summed E-state index contributed by atoms with van der Waals surface area (Å²) in [7, 11) is 1.55.